The van der Waals surface area contributed by atoms with Crippen molar-refractivity contribution in [2.24, 2.45) is 0 Å². The van der Waals surface area contributed by atoms with Gasteiger partial charge in [-0.25, -0.2) is 9.36 Å². The molecule has 7 heteroatoms. The van der Waals surface area contributed by atoms with E-state index in [1.807, 2.05) is 0 Å². The molecular weight excluding hydrogens is 287 g/mol. The average Bonchev–Trinajstić information content (AvgIpc) is 2.15. The van der Waals surface area contributed by atoms with Crippen LogP contribution in [0, 0.1) is 0 Å². The highest BCUT2D eigenvalue weighted by molar-refractivity contribution is 9.09. The van der Waals surface area contributed by atoms with E-state index >= 15 is 0 Å². The first-order valence-electron chi connectivity index (χ1n) is 4.29. The van der Waals surface area contributed by atoms with E-state index in [0.29, 0.717) is 5.33 Å². The third-order valence-electron chi connectivity index (χ3n) is 1.16. The van der Waals surface area contributed by atoms with Gasteiger partial charge < -0.3 is 4.52 Å². The van der Waals surface area contributed by atoms with E-state index < -0.39 is 13.8 Å². The summed E-state index contributed by atoms with van der Waals surface area (Å²) in [6.45, 7) is 6.69. The molecular formula is C8H15BrO5P+. The largest absolute Gasteiger partial charge is 1.00 e. The number of rotatable bonds is 7. The van der Waals surface area contributed by atoms with Gasteiger partial charge in [0.2, 0.25) is 0 Å². The minimum Gasteiger partial charge on any atom is -0.367 e. The number of hydrogen-bond acceptors (Lipinski definition) is 5. The molecule has 0 radical (unpaired) electrons. The lowest BCUT2D eigenvalue weighted by Crippen LogP contribution is -2.08. The molecule has 0 amide bonds. The molecule has 0 spiro atoms. The van der Waals surface area contributed by atoms with E-state index in [0.717, 1.165) is 0 Å². The third kappa shape index (κ3) is 6.10. The zero-order valence-corrected chi connectivity index (χ0v) is 11.2. The van der Waals surface area contributed by atoms with Crippen molar-refractivity contribution in [1.82, 2.24) is 0 Å². The Hall–Kier alpha value is -0.160. The van der Waals surface area contributed by atoms with Crippen LogP contribution in [0.2, 0.25) is 0 Å². The quantitative estimate of drug-likeness (QED) is 0.411. The number of hydrogen-bond donors (Lipinski definition) is 0. The molecule has 1 atom stereocenters. The maximum atomic E-state index is 11.7. The van der Waals surface area contributed by atoms with Crippen molar-refractivity contribution in [3.05, 3.63) is 12.2 Å². The molecule has 0 bridgehead atoms. The van der Waals surface area contributed by atoms with Gasteiger partial charge in [0.15, 0.2) is 0 Å². The number of carbonyl (C=O) groups is 1. The fraction of sp³-hybridized carbons (Fsp3) is 0.625. The molecule has 5 nitrogen and oxygen atoms in total. The molecule has 0 saturated heterocycles. The van der Waals surface area contributed by atoms with Crippen LogP contribution in [0.5, 0.6) is 0 Å². The van der Waals surface area contributed by atoms with E-state index in [1.165, 1.54) is 6.92 Å². The predicted octanol–water partition coefficient (Wildman–Crippen LogP) is 2.77. The second kappa shape index (κ2) is 7.17. The summed E-state index contributed by atoms with van der Waals surface area (Å²) in [6, 6.07) is 0. The highest BCUT2D eigenvalue weighted by atomic mass is 79.9. The second-order valence-electron chi connectivity index (χ2n) is 2.55. The van der Waals surface area contributed by atoms with Crippen LogP contribution >= 0.6 is 23.8 Å². The Morgan fingerprint density at radius 3 is 2.53 bits per heavy atom. The molecule has 1 unspecified atom stereocenters. The van der Waals surface area contributed by atoms with Crippen LogP contribution in [-0.4, -0.2) is 24.5 Å². The zero-order valence-electron chi connectivity index (χ0n) is 9.69. The van der Waals surface area contributed by atoms with Crippen molar-refractivity contribution < 1.29 is 24.4 Å². The molecule has 0 fully saturated rings. The molecule has 0 aromatic heterocycles. The number of phosphoric acid groups is 1. The Morgan fingerprint density at radius 2 is 2.13 bits per heavy atom. The van der Waals surface area contributed by atoms with E-state index in [-0.39, 0.29) is 20.2 Å². The fourth-order valence-electron chi connectivity index (χ4n) is 0.574. The number of phosphoric ester groups is 1. The van der Waals surface area contributed by atoms with Gasteiger partial charge >= 0.3 is 15.2 Å². The Balaban J connectivity index is 0. The van der Waals surface area contributed by atoms with Gasteiger partial charge in [-0.05, 0) is 13.8 Å². The Labute approximate surface area is 99.0 Å². The lowest BCUT2D eigenvalue weighted by molar-refractivity contribution is -0.131. The van der Waals surface area contributed by atoms with E-state index in [4.69, 9.17) is 9.05 Å². The van der Waals surface area contributed by atoms with Gasteiger partial charge in [0, 0.05) is 10.9 Å². The normalized spacial score (nSPS) is 14.3. The molecule has 0 aromatic carbocycles. The summed E-state index contributed by atoms with van der Waals surface area (Å²) in [6.07, 6.45) is 0. The minimum absolute atomic E-state index is 0. The zero-order chi connectivity index (χ0) is 11.9. The fourth-order valence-corrected chi connectivity index (χ4v) is 2.16. The maximum absolute atomic E-state index is 11.7. The SMILES string of the molecule is C=C(C)C(=O)OP(=O)(OCC)OCCBr.[H+]. The molecule has 0 heterocycles. The first-order valence-corrected chi connectivity index (χ1v) is 6.88. The van der Waals surface area contributed by atoms with Gasteiger partial charge in [0.05, 0.1) is 13.2 Å². The molecule has 15 heavy (non-hydrogen) atoms. The van der Waals surface area contributed by atoms with E-state index in [9.17, 15) is 9.36 Å². The summed E-state index contributed by atoms with van der Waals surface area (Å²) in [5, 5.41) is 0.467. The molecule has 88 valence electrons. The van der Waals surface area contributed by atoms with Crippen molar-refractivity contribution in [2.45, 2.75) is 13.8 Å². The van der Waals surface area contributed by atoms with Gasteiger partial charge in [-0.1, -0.05) is 22.5 Å². The van der Waals surface area contributed by atoms with Crippen molar-refractivity contribution in [3.63, 3.8) is 0 Å². The van der Waals surface area contributed by atoms with Crippen molar-refractivity contribution in [3.8, 4) is 0 Å². The van der Waals surface area contributed by atoms with Gasteiger partial charge in [-0.15, -0.1) is 0 Å². The van der Waals surface area contributed by atoms with Gasteiger partial charge in [0.1, 0.15) is 0 Å². The average molecular weight is 302 g/mol. The highest BCUT2D eigenvalue weighted by Crippen LogP contribution is 2.49. The van der Waals surface area contributed by atoms with Crippen molar-refractivity contribution in [2.75, 3.05) is 18.5 Å². The smallest absolute Gasteiger partial charge is 0.367 e. The summed E-state index contributed by atoms with van der Waals surface area (Å²) >= 11 is 3.09. The van der Waals surface area contributed by atoms with Crippen molar-refractivity contribution >= 4 is 29.7 Å². The van der Waals surface area contributed by atoms with Crippen LogP contribution in [0.4, 0.5) is 0 Å². The molecule has 0 aliphatic rings. The Morgan fingerprint density at radius 1 is 1.53 bits per heavy atom. The first kappa shape index (κ1) is 14.8. The first-order chi connectivity index (χ1) is 6.95. The number of halogens is 1. The van der Waals surface area contributed by atoms with Crippen LogP contribution in [0.15, 0.2) is 12.2 Å². The lowest BCUT2D eigenvalue weighted by Gasteiger charge is -2.15. The summed E-state index contributed by atoms with van der Waals surface area (Å²) in [5.41, 5.74) is 0.136. The number of alkyl halides is 1. The third-order valence-corrected chi connectivity index (χ3v) is 2.94. The van der Waals surface area contributed by atoms with Crippen LogP contribution in [0.3, 0.4) is 0 Å². The Kier molecular flexibility index (Phi) is 7.09. The molecule has 0 rings (SSSR count). The Bertz CT molecular complexity index is 284. The van der Waals surface area contributed by atoms with E-state index in [2.05, 4.69) is 27.0 Å². The predicted molar refractivity (Wildman–Crippen MR) is 61.0 cm³/mol. The van der Waals surface area contributed by atoms with Gasteiger partial charge in [-0.2, -0.15) is 0 Å². The molecule has 0 aliphatic heterocycles. The van der Waals surface area contributed by atoms with Gasteiger partial charge in [-0.3, -0.25) is 9.05 Å². The molecule has 0 N–H and O–H groups in total. The van der Waals surface area contributed by atoms with E-state index in [1.54, 1.807) is 6.92 Å². The second-order valence-corrected chi connectivity index (χ2v) is 4.93. The van der Waals surface area contributed by atoms with Crippen LogP contribution in [-0.2, 0) is 22.9 Å². The number of carbonyl (C=O) groups excluding carboxylic acids is 1. The summed E-state index contributed by atoms with van der Waals surface area (Å²) in [7, 11) is -3.79. The summed E-state index contributed by atoms with van der Waals surface area (Å²) < 4.78 is 26.0. The minimum atomic E-state index is -3.79. The standard InChI is InChI=1S/C8H14BrO5P/c1-4-12-15(11,13-6-5-9)14-8(10)7(2)3/h2,4-6H2,1,3H3/p+1. The summed E-state index contributed by atoms with van der Waals surface area (Å²) in [4.78, 5) is 11.1. The van der Waals surface area contributed by atoms with Crippen LogP contribution in [0.25, 0.3) is 0 Å². The molecule has 0 saturated carbocycles. The maximum Gasteiger partial charge on any atom is 1.00 e. The highest BCUT2D eigenvalue weighted by Gasteiger charge is 2.30. The van der Waals surface area contributed by atoms with Gasteiger partial charge in [0.25, 0.3) is 0 Å². The molecule has 0 aromatic rings. The molecule has 0 aliphatic carbocycles. The van der Waals surface area contributed by atoms with Crippen LogP contribution in [0.1, 0.15) is 15.3 Å². The summed E-state index contributed by atoms with van der Waals surface area (Å²) in [5.74, 6) is -0.790. The lowest BCUT2D eigenvalue weighted by atomic mass is 10.4. The monoisotopic (exact) mass is 301 g/mol. The van der Waals surface area contributed by atoms with Crippen molar-refractivity contribution in [1.29, 1.82) is 0 Å². The van der Waals surface area contributed by atoms with Crippen LogP contribution < -0.4 is 0 Å². The topological polar surface area (TPSA) is 61.8 Å².